The lowest BCUT2D eigenvalue weighted by Gasteiger charge is -2.22. The van der Waals surface area contributed by atoms with E-state index >= 15 is 0 Å². The first kappa shape index (κ1) is 13.9. The van der Waals surface area contributed by atoms with Crippen LogP contribution in [0, 0.1) is 0 Å². The van der Waals surface area contributed by atoms with E-state index in [0.717, 1.165) is 0 Å². The Morgan fingerprint density at radius 1 is 1.52 bits per heavy atom. The molecule has 1 aliphatic rings. The lowest BCUT2D eigenvalue weighted by Crippen LogP contribution is -2.31. The maximum absolute atomic E-state index is 11.7. The third-order valence-corrected chi connectivity index (χ3v) is 5.66. The molecule has 21 heavy (non-hydrogen) atoms. The Kier molecular flexibility index (Phi) is 2.94. The van der Waals surface area contributed by atoms with Crippen molar-refractivity contribution in [1.29, 1.82) is 0 Å². The Morgan fingerprint density at radius 2 is 2.29 bits per heavy atom. The van der Waals surface area contributed by atoms with E-state index in [-0.39, 0.29) is 22.8 Å². The van der Waals surface area contributed by atoms with Crippen LogP contribution in [0.5, 0.6) is 0 Å². The van der Waals surface area contributed by atoms with Gasteiger partial charge >= 0.3 is 5.97 Å². The number of carboxylic acids is 1. The van der Waals surface area contributed by atoms with Crippen LogP contribution in [0.4, 0.5) is 0 Å². The molecular weight excluding hydrogens is 296 g/mol. The first-order chi connectivity index (χ1) is 9.81. The van der Waals surface area contributed by atoms with E-state index in [1.807, 2.05) is 0 Å². The largest absolute Gasteiger partial charge is 0.478 e. The number of rotatable bonds is 3. The predicted octanol–water partition coefficient (Wildman–Crippen LogP) is 1.38. The van der Waals surface area contributed by atoms with E-state index in [1.54, 1.807) is 13.0 Å². The van der Waals surface area contributed by atoms with E-state index in [0.29, 0.717) is 12.0 Å². The maximum atomic E-state index is 11.7. The molecule has 1 saturated heterocycles. The van der Waals surface area contributed by atoms with Gasteiger partial charge < -0.3 is 9.52 Å². The molecule has 3 rings (SSSR count). The fourth-order valence-corrected chi connectivity index (χ4v) is 4.71. The zero-order valence-corrected chi connectivity index (χ0v) is 12.1. The zero-order chi connectivity index (χ0) is 15.3. The van der Waals surface area contributed by atoms with Gasteiger partial charge in [-0.2, -0.15) is 5.10 Å². The molecule has 0 aliphatic carbocycles. The fourth-order valence-electron chi connectivity index (χ4n) is 2.59. The highest BCUT2D eigenvalue weighted by molar-refractivity contribution is 7.91. The summed E-state index contributed by atoms with van der Waals surface area (Å²) < 4.78 is 29.8. The van der Waals surface area contributed by atoms with Crippen molar-refractivity contribution in [2.24, 2.45) is 0 Å². The first-order valence-electron chi connectivity index (χ1n) is 6.37. The standard InChI is InChI=1S/C13H14N2O5S/c1-13(3-5-21(18,19)8-13)15-6-10(12(16)17)11(14-15)9-2-4-20-7-9/h2,4,6-7H,3,5,8H2,1H3,(H,16,17). The molecule has 0 amide bonds. The van der Waals surface area contributed by atoms with Crippen LogP contribution in [0.3, 0.4) is 0 Å². The van der Waals surface area contributed by atoms with Crippen LogP contribution in [0.25, 0.3) is 11.3 Å². The highest BCUT2D eigenvalue weighted by Gasteiger charge is 2.41. The van der Waals surface area contributed by atoms with Crippen LogP contribution >= 0.6 is 0 Å². The molecule has 1 aliphatic heterocycles. The van der Waals surface area contributed by atoms with E-state index in [1.165, 1.54) is 23.4 Å². The van der Waals surface area contributed by atoms with Crippen LogP contribution in [-0.4, -0.2) is 40.8 Å². The molecule has 0 radical (unpaired) electrons. The second-order valence-electron chi connectivity index (χ2n) is 5.49. The van der Waals surface area contributed by atoms with Crippen LogP contribution in [0.2, 0.25) is 0 Å². The Morgan fingerprint density at radius 3 is 2.81 bits per heavy atom. The lowest BCUT2D eigenvalue weighted by molar-refractivity contribution is 0.0697. The van der Waals surface area contributed by atoms with Gasteiger partial charge in [-0.15, -0.1) is 0 Å². The molecule has 1 unspecified atom stereocenters. The average molecular weight is 310 g/mol. The Labute approximate surface area is 121 Å². The predicted molar refractivity (Wildman–Crippen MR) is 73.8 cm³/mol. The molecule has 3 heterocycles. The summed E-state index contributed by atoms with van der Waals surface area (Å²) in [4.78, 5) is 11.4. The molecule has 7 nitrogen and oxygen atoms in total. The molecule has 112 valence electrons. The minimum absolute atomic E-state index is 0.0296. The van der Waals surface area contributed by atoms with Crippen molar-refractivity contribution in [3.05, 3.63) is 30.4 Å². The molecule has 0 spiro atoms. The lowest BCUT2D eigenvalue weighted by atomic mass is 10.0. The van der Waals surface area contributed by atoms with Gasteiger partial charge in [-0.1, -0.05) is 0 Å². The van der Waals surface area contributed by atoms with Crippen molar-refractivity contribution in [1.82, 2.24) is 9.78 Å². The number of carboxylic acid groups (broad SMARTS) is 1. The maximum Gasteiger partial charge on any atom is 0.339 e. The van der Waals surface area contributed by atoms with Gasteiger partial charge in [0.15, 0.2) is 9.84 Å². The number of hydrogen-bond donors (Lipinski definition) is 1. The number of furan rings is 1. The van der Waals surface area contributed by atoms with Crippen LogP contribution < -0.4 is 0 Å². The molecule has 1 fully saturated rings. The highest BCUT2D eigenvalue weighted by atomic mass is 32.2. The van der Waals surface area contributed by atoms with Gasteiger partial charge in [-0.3, -0.25) is 4.68 Å². The van der Waals surface area contributed by atoms with Crippen LogP contribution in [0.1, 0.15) is 23.7 Å². The number of aromatic carboxylic acids is 1. The van der Waals surface area contributed by atoms with Crippen molar-refractivity contribution in [3.8, 4) is 11.3 Å². The monoisotopic (exact) mass is 310 g/mol. The number of carbonyl (C=O) groups is 1. The number of aromatic nitrogens is 2. The third kappa shape index (κ3) is 2.35. The van der Waals surface area contributed by atoms with Crippen molar-refractivity contribution in [2.75, 3.05) is 11.5 Å². The molecule has 0 aromatic carbocycles. The molecule has 2 aromatic rings. The van der Waals surface area contributed by atoms with Crippen LogP contribution in [-0.2, 0) is 15.4 Å². The smallest absolute Gasteiger partial charge is 0.339 e. The third-order valence-electron chi connectivity index (χ3n) is 3.77. The minimum Gasteiger partial charge on any atom is -0.478 e. The summed E-state index contributed by atoms with van der Waals surface area (Å²) in [5.74, 6) is -1.06. The number of sulfone groups is 1. The van der Waals surface area contributed by atoms with Gasteiger partial charge in [0.25, 0.3) is 0 Å². The van der Waals surface area contributed by atoms with Crippen molar-refractivity contribution in [2.45, 2.75) is 18.9 Å². The summed E-state index contributed by atoms with van der Waals surface area (Å²) in [5, 5.41) is 13.6. The normalized spacial score (nSPS) is 24.2. The van der Waals surface area contributed by atoms with Gasteiger partial charge in [-0.05, 0) is 19.4 Å². The van der Waals surface area contributed by atoms with E-state index in [4.69, 9.17) is 4.42 Å². The van der Waals surface area contributed by atoms with Gasteiger partial charge in [-0.25, -0.2) is 13.2 Å². The van der Waals surface area contributed by atoms with E-state index in [9.17, 15) is 18.3 Å². The van der Waals surface area contributed by atoms with Gasteiger partial charge in [0.1, 0.15) is 11.3 Å². The quantitative estimate of drug-likeness (QED) is 0.918. The van der Waals surface area contributed by atoms with Crippen molar-refractivity contribution < 1.29 is 22.7 Å². The summed E-state index contributed by atoms with van der Waals surface area (Å²) in [6, 6.07) is 1.62. The van der Waals surface area contributed by atoms with E-state index < -0.39 is 21.3 Å². The number of nitrogens with zero attached hydrogens (tertiary/aromatic N) is 2. The van der Waals surface area contributed by atoms with Gasteiger partial charge in [0, 0.05) is 11.8 Å². The molecule has 0 saturated carbocycles. The molecule has 2 aromatic heterocycles. The minimum atomic E-state index is -3.11. The Bertz CT molecular complexity index is 791. The Balaban J connectivity index is 2.10. The first-order valence-corrected chi connectivity index (χ1v) is 8.19. The second kappa shape index (κ2) is 4.45. The van der Waals surface area contributed by atoms with Crippen LogP contribution in [0.15, 0.2) is 29.2 Å². The topological polar surface area (TPSA) is 102 Å². The molecular formula is C13H14N2O5S. The summed E-state index contributed by atoms with van der Waals surface area (Å²) >= 11 is 0. The van der Waals surface area contributed by atoms with Gasteiger partial charge in [0.2, 0.25) is 0 Å². The summed E-state index contributed by atoms with van der Waals surface area (Å²) in [6.45, 7) is 1.77. The summed E-state index contributed by atoms with van der Waals surface area (Å²) in [5.41, 5.74) is 0.143. The average Bonchev–Trinajstić information content (AvgIpc) is 3.07. The second-order valence-corrected chi connectivity index (χ2v) is 7.68. The zero-order valence-electron chi connectivity index (χ0n) is 11.3. The van der Waals surface area contributed by atoms with E-state index in [2.05, 4.69) is 5.10 Å². The van der Waals surface area contributed by atoms with Crippen molar-refractivity contribution >= 4 is 15.8 Å². The van der Waals surface area contributed by atoms with Crippen molar-refractivity contribution in [3.63, 3.8) is 0 Å². The molecule has 1 N–H and O–H groups in total. The SMILES string of the molecule is CC1(n2cc(C(=O)O)c(-c3ccoc3)n2)CCS(=O)(=O)C1. The van der Waals surface area contributed by atoms with Gasteiger partial charge in [0.05, 0.1) is 29.6 Å². The molecule has 8 heteroatoms. The Hall–Kier alpha value is -2.09. The summed E-state index contributed by atoms with van der Waals surface area (Å²) in [7, 11) is -3.11. The highest BCUT2D eigenvalue weighted by Crippen LogP contribution is 2.32. The fraction of sp³-hybridized carbons (Fsp3) is 0.385. The molecule has 1 atom stereocenters. The summed E-state index contributed by atoms with van der Waals surface area (Å²) in [6.07, 6.45) is 4.65. The number of hydrogen-bond acceptors (Lipinski definition) is 5. The molecule has 0 bridgehead atoms.